The van der Waals surface area contributed by atoms with Gasteiger partial charge in [0.2, 0.25) is 0 Å². The van der Waals surface area contributed by atoms with Gasteiger partial charge in [0.15, 0.2) is 0 Å². The standard InChI is InChI=1S/C15H17ClN2/c1-11-7-12(2)9-14(8-11)18(3)15-13(10-16)5-4-6-17-15/h4-9H,10H2,1-3H3. The lowest BCUT2D eigenvalue weighted by molar-refractivity contribution is 1.09. The third-order valence-electron chi connectivity index (χ3n) is 2.92. The van der Waals surface area contributed by atoms with E-state index in [2.05, 4.69) is 41.9 Å². The van der Waals surface area contributed by atoms with E-state index in [0.717, 1.165) is 17.1 Å². The maximum Gasteiger partial charge on any atom is 0.137 e. The Morgan fingerprint density at radius 3 is 2.44 bits per heavy atom. The van der Waals surface area contributed by atoms with Crippen LogP contribution in [0.1, 0.15) is 16.7 Å². The molecule has 0 radical (unpaired) electrons. The summed E-state index contributed by atoms with van der Waals surface area (Å²) in [6, 6.07) is 10.4. The van der Waals surface area contributed by atoms with Gasteiger partial charge in [0.05, 0.1) is 5.88 Å². The molecule has 0 atom stereocenters. The summed E-state index contributed by atoms with van der Waals surface area (Å²) < 4.78 is 0. The molecule has 0 aliphatic heterocycles. The molecular formula is C15H17ClN2. The monoisotopic (exact) mass is 260 g/mol. The van der Waals surface area contributed by atoms with Crippen LogP contribution in [0.4, 0.5) is 11.5 Å². The molecule has 0 bridgehead atoms. The quantitative estimate of drug-likeness (QED) is 0.769. The van der Waals surface area contributed by atoms with E-state index in [1.54, 1.807) is 6.20 Å². The summed E-state index contributed by atoms with van der Waals surface area (Å²) in [5, 5.41) is 0. The van der Waals surface area contributed by atoms with Crippen LogP contribution in [-0.4, -0.2) is 12.0 Å². The van der Waals surface area contributed by atoms with Gasteiger partial charge in [-0.1, -0.05) is 12.1 Å². The summed E-state index contributed by atoms with van der Waals surface area (Å²) in [4.78, 5) is 6.51. The lowest BCUT2D eigenvalue weighted by atomic mass is 10.1. The van der Waals surface area contributed by atoms with Gasteiger partial charge < -0.3 is 4.90 Å². The van der Waals surface area contributed by atoms with E-state index < -0.39 is 0 Å². The Kier molecular flexibility index (Phi) is 3.87. The Hall–Kier alpha value is -1.54. The first-order chi connectivity index (χ1) is 8.61. The van der Waals surface area contributed by atoms with Crippen molar-refractivity contribution in [2.24, 2.45) is 0 Å². The fraction of sp³-hybridized carbons (Fsp3) is 0.267. The predicted molar refractivity (Wildman–Crippen MR) is 77.8 cm³/mol. The molecule has 1 aromatic carbocycles. The molecule has 0 saturated carbocycles. The first-order valence-electron chi connectivity index (χ1n) is 5.93. The van der Waals surface area contributed by atoms with Crippen LogP contribution in [0.5, 0.6) is 0 Å². The van der Waals surface area contributed by atoms with Crippen LogP contribution in [0.15, 0.2) is 36.5 Å². The predicted octanol–water partition coefficient (Wildman–Crippen LogP) is 4.21. The van der Waals surface area contributed by atoms with Crippen LogP contribution < -0.4 is 4.90 Å². The van der Waals surface area contributed by atoms with Gasteiger partial charge in [0.1, 0.15) is 5.82 Å². The first kappa shape index (κ1) is 12.9. The Morgan fingerprint density at radius 1 is 1.17 bits per heavy atom. The van der Waals surface area contributed by atoms with Gasteiger partial charge in [-0.3, -0.25) is 0 Å². The van der Waals surface area contributed by atoms with Gasteiger partial charge >= 0.3 is 0 Å². The molecule has 2 aromatic rings. The van der Waals surface area contributed by atoms with E-state index in [1.165, 1.54) is 11.1 Å². The molecule has 0 unspecified atom stereocenters. The Labute approximate surface area is 113 Å². The zero-order valence-electron chi connectivity index (χ0n) is 10.9. The second-order valence-electron chi connectivity index (χ2n) is 4.52. The van der Waals surface area contributed by atoms with Crippen LogP contribution in [-0.2, 0) is 5.88 Å². The summed E-state index contributed by atoms with van der Waals surface area (Å²) in [7, 11) is 2.02. The van der Waals surface area contributed by atoms with E-state index in [-0.39, 0.29) is 0 Å². The third kappa shape index (κ3) is 2.65. The normalized spacial score (nSPS) is 10.4. The molecule has 2 rings (SSSR count). The smallest absolute Gasteiger partial charge is 0.137 e. The summed E-state index contributed by atoms with van der Waals surface area (Å²) in [5.74, 6) is 1.38. The SMILES string of the molecule is Cc1cc(C)cc(N(C)c2ncccc2CCl)c1. The van der Waals surface area contributed by atoms with Gasteiger partial charge in [0.25, 0.3) is 0 Å². The Balaban J connectivity index is 2.44. The molecule has 1 heterocycles. The lowest BCUT2D eigenvalue weighted by Gasteiger charge is -2.21. The van der Waals surface area contributed by atoms with E-state index in [0.29, 0.717) is 5.88 Å². The molecule has 0 saturated heterocycles. The molecule has 0 amide bonds. The Bertz CT molecular complexity index is 532. The molecule has 0 fully saturated rings. The number of anilines is 2. The van der Waals surface area contributed by atoms with Crippen molar-refractivity contribution >= 4 is 23.1 Å². The average Bonchev–Trinajstić information content (AvgIpc) is 2.36. The van der Waals surface area contributed by atoms with Crippen molar-refractivity contribution in [1.29, 1.82) is 0 Å². The molecule has 0 N–H and O–H groups in total. The molecule has 1 aromatic heterocycles. The maximum atomic E-state index is 5.96. The van der Waals surface area contributed by atoms with Crippen LogP contribution in [0, 0.1) is 13.8 Å². The summed E-state index contributed by atoms with van der Waals surface area (Å²) in [6.07, 6.45) is 1.80. The summed E-state index contributed by atoms with van der Waals surface area (Å²) in [6.45, 7) is 4.20. The zero-order valence-corrected chi connectivity index (χ0v) is 11.7. The number of nitrogens with zero attached hydrogens (tertiary/aromatic N) is 2. The van der Waals surface area contributed by atoms with Crippen LogP contribution in [0.3, 0.4) is 0 Å². The molecule has 18 heavy (non-hydrogen) atoms. The average molecular weight is 261 g/mol. The van der Waals surface area contributed by atoms with Gasteiger partial charge in [-0.2, -0.15) is 0 Å². The molecule has 0 spiro atoms. The minimum atomic E-state index is 0.471. The molecule has 3 heteroatoms. The summed E-state index contributed by atoms with van der Waals surface area (Å²) >= 11 is 5.96. The van der Waals surface area contributed by atoms with Crippen molar-refractivity contribution < 1.29 is 0 Å². The maximum absolute atomic E-state index is 5.96. The fourth-order valence-corrected chi connectivity index (χ4v) is 2.31. The Morgan fingerprint density at radius 2 is 1.83 bits per heavy atom. The second kappa shape index (κ2) is 5.40. The number of halogens is 1. The molecule has 0 aliphatic rings. The van der Waals surface area contributed by atoms with Crippen molar-refractivity contribution in [2.45, 2.75) is 19.7 Å². The molecule has 94 valence electrons. The third-order valence-corrected chi connectivity index (χ3v) is 3.21. The van der Waals surface area contributed by atoms with E-state index in [1.807, 2.05) is 19.2 Å². The lowest BCUT2D eigenvalue weighted by Crippen LogP contribution is -2.13. The van der Waals surface area contributed by atoms with Crippen molar-refractivity contribution in [3.8, 4) is 0 Å². The number of pyridine rings is 1. The summed E-state index contributed by atoms with van der Waals surface area (Å²) in [5.41, 5.74) is 4.68. The van der Waals surface area contributed by atoms with Crippen LogP contribution >= 0.6 is 11.6 Å². The number of benzene rings is 1. The van der Waals surface area contributed by atoms with E-state index >= 15 is 0 Å². The van der Waals surface area contributed by atoms with Crippen LogP contribution in [0.2, 0.25) is 0 Å². The highest BCUT2D eigenvalue weighted by atomic mass is 35.5. The van der Waals surface area contributed by atoms with Crippen molar-refractivity contribution in [2.75, 3.05) is 11.9 Å². The largest absolute Gasteiger partial charge is 0.329 e. The molecule has 0 aliphatic carbocycles. The van der Waals surface area contributed by atoms with Gasteiger partial charge in [-0.15, -0.1) is 11.6 Å². The van der Waals surface area contributed by atoms with Crippen molar-refractivity contribution in [1.82, 2.24) is 4.98 Å². The van der Waals surface area contributed by atoms with Gasteiger partial charge in [-0.05, 0) is 43.2 Å². The number of rotatable bonds is 3. The highest BCUT2D eigenvalue weighted by Gasteiger charge is 2.10. The number of aryl methyl sites for hydroxylation is 2. The van der Waals surface area contributed by atoms with Crippen LogP contribution in [0.25, 0.3) is 0 Å². The fourth-order valence-electron chi connectivity index (χ4n) is 2.10. The number of alkyl halides is 1. The number of hydrogen-bond donors (Lipinski definition) is 0. The zero-order chi connectivity index (χ0) is 13.1. The minimum absolute atomic E-state index is 0.471. The van der Waals surface area contributed by atoms with Crippen molar-refractivity contribution in [3.63, 3.8) is 0 Å². The minimum Gasteiger partial charge on any atom is -0.329 e. The van der Waals surface area contributed by atoms with Gasteiger partial charge in [-0.25, -0.2) is 4.98 Å². The molecular weight excluding hydrogens is 244 g/mol. The highest BCUT2D eigenvalue weighted by molar-refractivity contribution is 6.17. The van der Waals surface area contributed by atoms with Crippen molar-refractivity contribution in [3.05, 3.63) is 53.2 Å². The van der Waals surface area contributed by atoms with Gasteiger partial charge in [0, 0.05) is 24.5 Å². The highest BCUT2D eigenvalue weighted by Crippen LogP contribution is 2.27. The number of hydrogen-bond acceptors (Lipinski definition) is 2. The second-order valence-corrected chi connectivity index (χ2v) is 4.79. The molecule has 2 nitrogen and oxygen atoms in total. The number of aromatic nitrogens is 1. The van der Waals surface area contributed by atoms with E-state index in [9.17, 15) is 0 Å². The topological polar surface area (TPSA) is 16.1 Å². The first-order valence-corrected chi connectivity index (χ1v) is 6.47. The van der Waals surface area contributed by atoms with E-state index in [4.69, 9.17) is 11.6 Å².